The molecule has 198 valence electrons. The lowest BCUT2D eigenvalue weighted by Gasteiger charge is -2.29. The Balaban J connectivity index is 1.27. The van der Waals surface area contributed by atoms with Gasteiger partial charge in [-0.1, -0.05) is 6.07 Å². The Bertz CT molecular complexity index is 1320. The molecule has 2 aliphatic rings. The molecule has 2 amide bonds. The first-order valence-corrected chi connectivity index (χ1v) is 12.9. The molecule has 3 aromatic rings. The maximum atomic E-state index is 13.2. The average Bonchev–Trinajstić information content (AvgIpc) is 2.95. The number of aryl methyl sites for hydroxylation is 2. The number of carbonyl (C=O) groups excluding carboxylic acids is 2. The van der Waals surface area contributed by atoms with E-state index in [0.717, 1.165) is 48.8 Å². The topological polar surface area (TPSA) is 96.0 Å². The molecule has 0 unspecified atom stereocenters. The van der Waals surface area contributed by atoms with Crippen molar-refractivity contribution in [3.63, 3.8) is 0 Å². The number of carbonyl (C=O) groups is 2. The molecule has 2 fully saturated rings. The van der Waals surface area contributed by atoms with E-state index in [1.807, 2.05) is 44.2 Å². The highest BCUT2D eigenvalue weighted by Gasteiger charge is 2.17. The van der Waals surface area contributed by atoms with E-state index in [-0.39, 0.29) is 11.8 Å². The van der Waals surface area contributed by atoms with Gasteiger partial charge in [-0.25, -0.2) is 4.98 Å². The second kappa shape index (κ2) is 11.6. The molecule has 2 N–H and O–H groups in total. The lowest BCUT2D eigenvalue weighted by atomic mass is 10.1. The van der Waals surface area contributed by atoms with E-state index in [4.69, 9.17) is 9.47 Å². The quantitative estimate of drug-likeness (QED) is 0.514. The number of anilines is 4. The summed E-state index contributed by atoms with van der Waals surface area (Å²) in [4.78, 5) is 35.0. The zero-order chi connectivity index (χ0) is 26.5. The summed E-state index contributed by atoms with van der Waals surface area (Å²) in [7, 11) is 0. The second-order valence-corrected chi connectivity index (χ2v) is 9.54. The number of nitrogens with zero attached hydrogens (tertiary/aromatic N) is 3. The highest BCUT2D eigenvalue weighted by atomic mass is 16.5. The first-order valence-electron chi connectivity index (χ1n) is 12.9. The average molecular weight is 516 g/mol. The van der Waals surface area contributed by atoms with Crippen molar-refractivity contribution in [1.82, 2.24) is 4.98 Å². The van der Waals surface area contributed by atoms with E-state index in [1.165, 1.54) is 0 Å². The Morgan fingerprint density at radius 3 is 2.18 bits per heavy atom. The van der Waals surface area contributed by atoms with Crippen LogP contribution in [0.1, 0.15) is 31.8 Å². The summed E-state index contributed by atoms with van der Waals surface area (Å²) in [5, 5.41) is 5.97. The fraction of sp³-hybridized carbons (Fsp3) is 0.345. The van der Waals surface area contributed by atoms with Crippen molar-refractivity contribution >= 4 is 34.7 Å². The van der Waals surface area contributed by atoms with Crippen LogP contribution in [0.4, 0.5) is 22.9 Å². The van der Waals surface area contributed by atoms with Crippen molar-refractivity contribution in [1.29, 1.82) is 0 Å². The zero-order valence-corrected chi connectivity index (χ0v) is 21.8. The van der Waals surface area contributed by atoms with Crippen molar-refractivity contribution in [2.45, 2.75) is 13.8 Å². The number of aromatic nitrogens is 1. The molecule has 38 heavy (non-hydrogen) atoms. The molecular formula is C29H33N5O4. The minimum absolute atomic E-state index is 0.188. The normalized spacial score (nSPS) is 15.7. The Labute approximate surface area is 222 Å². The molecule has 2 aliphatic heterocycles. The third-order valence-electron chi connectivity index (χ3n) is 6.92. The fourth-order valence-corrected chi connectivity index (χ4v) is 4.67. The molecule has 3 heterocycles. The lowest BCUT2D eigenvalue weighted by molar-refractivity contribution is 0.101. The first kappa shape index (κ1) is 25.7. The van der Waals surface area contributed by atoms with Gasteiger partial charge in [0.05, 0.1) is 26.4 Å². The predicted molar refractivity (Wildman–Crippen MR) is 149 cm³/mol. The van der Waals surface area contributed by atoms with Crippen molar-refractivity contribution < 1.29 is 19.1 Å². The summed E-state index contributed by atoms with van der Waals surface area (Å²) in [5.74, 6) is 0.331. The van der Waals surface area contributed by atoms with Crippen LogP contribution in [-0.2, 0) is 9.47 Å². The van der Waals surface area contributed by atoms with Crippen LogP contribution in [0.15, 0.2) is 54.7 Å². The number of pyridine rings is 1. The Morgan fingerprint density at radius 2 is 1.47 bits per heavy atom. The van der Waals surface area contributed by atoms with Crippen LogP contribution in [0.25, 0.3) is 0 Å². The van der Waals surface area contributed by atoms with Crippen molar-refractivity contribution in [3.05, 3.63) is 77.0 Å². The van der Waals surface area contributed by atoms with Gasteiger partial charge in [-0.05, 0) is 67.4 Å². The molecule has 0 radical (unpaired) electrons. The summed E-state index contributed by atoms with van der Waals surface area (Å²) >= 11 is 0. The summed E-state index contributed by atoms with van der Waals surface area (Å²) in [6, 6.07) is 14.9. The molecule has 9 nitrogen and oxygen atoms in total. The van der Waals surface area contributed by atoms with Gasteiger partial charge < -0.3 is 29.9 Å². The van der Waals surface area contributed by atoms with Gasteiger partial charge in [-0.2, -0.15) is 0 Å². The van der Waals surface area contributed by atoms with Crippen molar-refractivity contribution in [2.75, 3.05) is 73.0 Å². The first-order chi connectivity index (χ1) is 18.5. The molecule has 0 atom stereocenters. The minimum atomic E-state index is -0.238. The van der Waals surface area contributed by atoms with Gasteiger partial charge in [0.25, 0.3) is 11.8 Å². The second-order valence-electron chi connectivity index (χ2n) is 9.54. The van der Waals surface area contributed by atoms with E-state index in [2.05, 4.69) is 25.4 Å². The monoisotopic (exact) mass is 515 g/mol. The van der Waals surface area contributed by atoms with Gasteiger partial charge in [0.1, 0.15) is 5.82 Å². The van der Waals surface area contributed by atoms with E-state index < -0.39 is 0 Å². The fourth-order valence-electron chi connectivity index (χ4n) is 4.67. The highest BCUT2D eigenvalue weighted by Crippen LogP contribution is 2.25. The van der Waals surface area contributed by atoms with Gasteiger partial charge in [0, 0.05) is 60.6 Å². The van der Waals surface area contributed by atoms with Gasteiger partial charge in [-0.15, -0.1) is 0 Å². The number of benzene rings is 2. The summed E-state index contributed by atoms with van der Waals surface area (Å²) in [6.45, 7) is 9.76. The maximum absolute atomic E-state index is 13.2. The highest BCUT2D eigenvalue weighted by molar-refractivity contribution is 6.07. The molecule has 2 saturated heterocycles. The third kappa shape index (κ3) is 5.95. The van der Waals surface area contributed by atoms with E-state index in [0.29, 0.717) is 48.9 Å². The standard InChI is InChI=1S/C29H33N5O4/c1-20-3-4-23(31-28(35)22-7-8-30-27(18-22)34-11-15-38-16-12-34)19-26(20)32-29(36)25-6-5-24(17-21(25)2)33-9-13-37-14-10-33/h3-8,17-19H,9-16H2,1-2H3,(H,31,35)(H,32,36). The van der Waals surface area contributed by atoms with E-state index >= 15 is 0 Å². The summed E-state index contributed by atoms with van der Waals surface area (Å²) in [5.41, 5.74) is 5.27. The van der Waals surface area contributed by atoms with E-state index in [1.54, 1.807) is 24.4 Å². The van der Waals surface area contributed by atoms with Crippen LogP contribution in [0.2, 0.25) is 0 Å². The molecular weight excluding hydrogens is 482 g/mol. The van der Waals surface area contributed by atoms with Crippen LogP contribution in [0.5, 0.6) is 0 Å². The smallest absolute Gasteiger partial charge is 0.255 e. The lowest BCUT2D eigenvalue weighted by Crippen LogP contribution is -2.36. The summed E-state index contributed by atoms with van der Waals surface area (Å²) in [6.07, 6.45) is 1.65. The molecule has 0 aliphatic carbocycles. The summed E-state index contributed by atoms with van der Waals surface area (Å²) < 4.78 is 10.8. The van der Waals surface area contributed by atoms with Crippen LogP contribution in [0, 0.1) is 13.8 Å². The van der Waals surface area contributed by atoms with Crippen molar-refractivity contribution in [3.8, 4) is 0 Å². The number of ether oxygens (including phenoxy) is 2. The van der Waals surface area contributed by atoms with Crippen LogP contribution >= 0.6 is 0 Å². The minimum Gasteiger partial charge on any atom is -0.378 e. The van der Waals surface area contributed by atoms with Gasteiger partial charge in [0.15, 0.2) is 0 Å². The number of nitrogens with one attached hydrogen (secondary N) is 2. The number of amides is 2. The molecule has 0 saturated carbocycles. The molecule has 5 rings (SSSR count). The number of morpholine rings is 2. The Morgan fingerprint density at radius 1 is 0.763 bits per heavy atom. The third-order valence-corrected chi connectivity index (χ3v) is 6.92. The SMILES string of the molecule is Cc1ccc(NC(=O)c2ccnc(N3CCOCC3)c2)cc1NC(=O)c1ccc(N2CCOCC2)cc1C. The van der Waals surface area contributed by atoms with Crippen molar-refractivity contribution in [2.24, 2.45) is 0 Å². The largest absolute Gasteiger partial charge is 0.378 e. The van der Waals surface area contributed by atoms with Crippen LogP contribution in [-0.4, -0.2) is 69.4 Å². The Kier molecular flexibility index (Phi) is 7.86. The number of rotatable bonds is 6. The molecule has 0 bridgehead atoms. The maximum Gasteiger partial charge on any atom is 0.255 e. The van der Waals surface area contributed by atoms with Crippen LogP contribution in [0.3, 0.4) is 0 Å². The Hall–Kier alpha value is -3.95. The van der Waals surface area contributed by atoms with Gasteiger partial charge in [0.2, 0.25) is 0 Å². The van der Waals surface area contributed by atoms with E-state index in [9.17, 15) is 9.59 Å². The number of hydrogen-bond donors (Lipinski definition) is 2. The number of hydrogen-bond acceptors (Lipinski definition) is 7. The predicted octanol–water partition coefficient (Wildman–Crippen LogP) is 3.88. The molecule has 1 aromatic heterocycles. The zero-order valence-electron chi connectivity index (χ0n) is 21.8. The van der Waals surface area contributed by atoms with Crippen LogP contribution < -0.4 is 20.4 Å². The molecule has 0 spiro atoms. The van der Waals surface area contributed by atoms with Gasteiger partial charge >= 0.3 is 0 Å². The molecule has 9 heteroatoms. The molecule has 2 aromatic carbocycles. The van der Waals surface area contributed by atoms with Gasteiger partial charge in [-0.3, -0.25) is 9.59 Å².